The van der Waals surface area contributed by atoms with Crippen LogP contribution in [0.4, 0.5) is 0 Å². The van der Waals surface area contributed by atoms with Crippen LogP contribution in [0.25, 0.3) is 0 Å². The van der Waals surface area contributed by atoms with Gasteiger partial charge in [0.25, 0.3) is 0 Å². The Balaban J connectivity index is 3.23. The van der Waals surface area contributed by atoms with Crippen molar-refractivity contribution in [2.45, 2.75) is 26.7 Å². The number of hydrogen-bond donors (Lipinski definition) is 1. The SMILES string of the molecule is COc1c(C(C)CN)ccc(C)c1C. The summed E-state index contributed by atoms with van der Waals surface area (Å²) in [5.74, 6) is 1.34. The highest BCUT2D eigenvalue weighted by Gasteiger charge is 2.12. The summed E-state index contributed by atoms with van der Waals surface area (Å²) < 4.78 is 5.42. The summed E-state index contributed by atoms with van der Waals surface area (Å²) in [6.07, 6.45) is 0. The third-order valence-corrected chi connectivity index (χ3v) is 2.80. The predicted molar refractivity (Wildman–Crippen MR) is 59.9 cm³/mol. The standard InChI is InChI=1S/C12H19NO/c1-8-5-6-11(9(2)7-13)12(14-4)10(8)3/h5-6,9H,7,13H2,1-4H3. The van der Waals surface area contributed by atoms with Crippen LogP contribution < -0.4 is 10.5 Å². The molecule has 0 aliphatic rings. The average Bonchev–Trinajstić information content (AvgIpc) is 2.20. The maximum absolute atomic E-state index is 5.66. The van der Waals surface area contributed by atoms with E-state index in [0.29, 0.717) is 12.5 Å². The largest absolute Gasteiger partial charge is 0.496 e. The highest BCUT2D eigenvalue weighted by molar-refractivity contribution is 5.46. The van der Waals surface area contributed by atoms with E-state index < -0.39 is 0 Å². The number of nitrogens with two attached hydrogens (primary N) is 1. The normalized spacial score (nSPS) is 12.6. The van der Waals surface area contributed by atoms with Crippen molar-refractivity contribution in [1.82, 2.24) is 0 Å². The van der Waals surface area contributed by atoms with Crippen molar-refractivity contribution in [3.63, 3.8) is 0 Å². The Morgan fingerprint density at radius 3 is 2.50 bits per heavy atom. The van der Waals surface area contributed by atoms with E-state index in [9.17, 15) is 0 Å². The number of rotatable bonds is 3. The van der Waals surface area contributed by atoms with Gasteiger partial charge in [0.05, 0.1) is 7.11 Å². The van der Waals surface area contributed by atoms with Gasteiger partial charge in [-0.05, 0) is 43.0 Å². The second kappa shape index (κ2) is 4.47. The minimum atomic E-state index is 0.351. The fraction of sp³-hybridized carbons (Fsp3) is 0.500. The van der Waals surface area contributed by atoms with Gasteiger partial charge in [-0.3, -0.25) is 0 Å². The summed E-state index contributed by atoms with van der Waals surface area (Å²) in [5, 5.41) is 0. The summed E-state index contributed by atoms with van der Waals surface area (Å²) in [6.45, 7) is 6.95. The number of hydrogen-bond acceptors (Lipinski definition) is 2. The van der Waals surface area contributed by atoms with E-state index in [1.54, 1.807) is 7.11 Å². The molecule has 1 rings (SSSR count). The molecule has 0 amide bonds. The zero-order chi connectivity index (χ0) is 10.7. The van der Waals surface area contributed by atoms with Crippen LogP contribution in [-0.2, 0) is 0 Å². The van der Waals surface area contributed by atoms with E-state index in [0.717, 1.165) is 5.75 Å². The van der Waals surface area contributed by atoms with Crippen LogP contribution in [0, 0.1) is 13.8 Å². The van der Waals surface area contributed by atoms with Crippen molar-refractivity contribution >= 4 is 0 Å². The van der Waals surface area contributed by atoms with E-state index in [1.807, 2.05) is 0 Å². The van der Waals surface area contributed by atoms with Gasteiger partial charge < -0.3 is 10.5 Å². The van der Waals surface area contributed by atoms with E-state index in [4.69, 9.17) is 10.5 Å². The lowest BCUT2D eigenvalue weighted by atomic mass is 9.95. The van der Waals surface area contributed by atoms with Crippen LogP contribution in [0.5, 0.6) is 5.75 Å². The molecule has 0 saturated carbocycles. The number of aryl methyl sites for hydroxylation is 1. The second-order valence-corrected chi connectivity index (χ2v) is 3.77. The van der Waals surface area contributed by atoms with Crippen LogP contribution >= 0.6 is 0 Å². The molecule has 0 fully saturated rings. The maximum atomic E-state index is 5.66. The summed E-state index contributed by atoms with van der Waals surface area (Å²) in [4.78, 5) is 0. The van der Waals surface area contributed by atoms with Crippen molar-refractivity contribution in [3.05, 3.63) is 28.8 Å². The fourth-order valence-electron chi connectivity index (χ4n) is 1.60. The zero-order valence-electron chi connectivity index (χ0n) is 9.42. The lowest BCUT2D eigenvalue weighted by molar-refractivity contribution is 0.403. The van der Waals surface area contributed by atoms with E-state index >= 15 is 0 Å². The summed E-state index contributed by atoms with van der Waals surface area (Å²) >= 11 is 0. The van der Waals surface area contributed by atoms with Gasteiger partial charge in [0, 0.05) is 0 Å². The molecule has 2 nitrogen and oxygen atoms in total. The minimum Gasteiger partial charge on any atom is -0.496 e. The summed E-state index contributed by atoms with van der Waals surface area (Å²) in [5.41, 5.74) is 9.34. The number of benzene rings is 1. The Morgan fingerprint density at radius 1 is 1.36 bits per heavy atom. The smallest absolute Gasteiger partial charge is 0.125 e. The van der Waals surface area contributed by atoms with Crippen LogP contribution in [0.1, 0.15) is 29.5 Å². The minimum absolute atomic E-state index is 0.351. The van der Waals surface area contributed by atoms with Gasteiger partial charge in [0.1, 0.15) is 5.75 Å². The average molecular weight is 193 g/mol. The third kappa shape index (κ3) is 1.90. The molecular formula is C12H19NO. The Kier molecular flexibility index (Phi) is 3.53. The third-order valence-electron chi connectivity index (χ3n) is 2.80. The second-order valence-electron chi connectivity index (χ2n) is 3.77. The molecule has 0 aromatic heterocycles. The van der Waals surface area contributed by atoms with Crippen molar-refractivity contribution in [2.75, 3.05) is 13.7 Å². The highest BCUT2D eigenvalue weighted by Crippen LogP contribution is 2.31. The van der Waals surface area contributed by atoms with Crippen LogP contribution in [0.2, 0.25) is 0 Å². The van der Waals surface area contributed by atoms with Gasteiger partial charge in [-0.1, -0.05) is 19.1 Å². The molecule has 0 aliphatic heterocycles. The Bertz CT molecular complexity index is 320. The van der Waals surface area contributed by atoms with Crippen molar-refractivity contribution in [1.29, 1.82) is 0 Å². The molecule has 0 radical (unpaired) electrons. The van der Waals surface area contributed by atoms with Gasteiger partial charge in [0.2, 0.25) is 0 Å². The molecule has 0 aliphatic carbocycles. The van der Waals surface area contributed by atoms with Gasteiger partial charge in [0.15, 0.2) is 0 Å². The summed E-state index contributed by atoms with van der Waals surface area (Å²) in [6, 6.07) is 4.23. The Hall–Kier alpha value is -1.02. The molecule has 0 heterocycles. The highest BCUT2D eigenvalue weighted by atomic mass is 16.5. The van der Waals surface area contributed by atoms with E-state index in [1.165, 1.54) is 16.7 Å². The monoisotopic (exact) mass is 193 g/mol. The van der Waals surface area contributed by atoms with Gasteiger partial charge in [-0.2, -0.15) is 0 Å². The quantitative estimate of drug-likeness (QED) is 0.800. The van der Waals surface area contributed by atoms with Crippen LogP contribution in [-0.4, -0.2) is 13.7 Å². The molecule has 0 saturated heterocycles. The lowest BCUT2D eigenvalue weighted by Crippen LogP contribution is -2.10. The molecule has 1 atom stereocenters. The van der Waals surface area contributed by atoms with Crippen molar-refractivity contribution in [2.24, 2.45) is 5.73 Å². The van der Waals surface area contributed by atoms with Crippen molar-refractivity contribution < 1.29 is 4.74 Å². The van der Waals surface area contributed by atoms with Gasteiger partial charge in [-0.15, -0.1) is 0 Å². The zero-order valence-corrected chi connectivity index (χ0v) is 9.42. The summed E-state index contributed by atoms with van der Waals surface area (Å²) in [7, 11) is 1.72. The van der Waals surface area contributed by atoms with Crippen LogP contribution in [0.15, 0.2) is 12.1 Å². The Labute approximate surface area is 86.1 Å². The van der Waals surface area contributed by atoms with Gasteiger partial charge >= 0.3 is 0 Å². The number of ether oxygens (including phenoxy) is 1. The molecule has 1 aromatic rings. The van der Waals surface area contributed by atoms with E-state index in [-0.39, 0.29) is 0 Å². The predicted octanol–water partition coefficient (Wildman–Crippen LogP) is 2.37. The maximum Gasteiger partial charge on any atom is 0.125 e. The number of methoxy groups -OCH3 is 1. The fourth-order valence-corrected chi connectivity index (χ4v) is 1.60. The van der Waals surface area contributed by atoms with Crippen molar-refractivity contribution in [3.8, 4) is 5.75 Å². The Morgan fingerprint density at radius 2 is 2.00 bits per heavy atom. The molecule has 0 bridgehead atoms. The first kappa shape index (κ1) is 11.1. The topological polar surface area (TPSA) is 35.2 Å². The molecule has 0 spiro atoms. The lowest BCUT2D eigenvalue weighted by Gasteiger charge is -2.17. The molecule has 1 aromatic carbocycles. The first-order chi connectivity index (χ1) is 6.61. The molecule has 2 heteroatoms. The molecule has 14 heavy (non-hydrogen) atoms. The van der Waals surface area contributed by atoms with Gasteiger partial charge in [-0.25, -0.2) is 0 Å². The molecule has 1 unspecified atom stereocenters. The van der Waals surface area contributed by atoms with Crippen LogP contribution in [0.3, 0.4) is 0 Å². The molecular weight excluding hydrogens is 174 g/mol. The first-order valence-corrected chi connectivity index (χ1v) is 4.96. The first-order valence-electron chi connectivity index (χ1n) is 4.96. The van der Waals surface area contributed by atoms with E-state index in [2.05, 4.69) is 32.9 Å². The molecule has 78 valence electrons. The molecule has 2 N–H and O–H groups in total.